The second kappa shape index (κ2) is 6.48. The molecular formula is C11H9BrF3N3O2S. The zero-order chi connectivity index (χ0) is 15.5. The Bertz CT molecular complexity index is 621. The molecule has 0 aliphatic rings. The van der Waals surface area contributed by atoms with Crippen LogP contribution in [0, 0.1) is 0 Å². The van der Waals surface area contributed by atoms with Gasteiger partial charge in [-0.1, -0.05) is 4.49 Å². The Morgan fingerprint density at radius 3 is 2.76 bits per heavy atom. The number of ether oxygens (including phenoxy) is 2. The Balaban J connectivity index is 2.03. The lowest BCUT2D eigenvalue weighted by Crippen LogP contribution is -2.17. The molecule has 0 aliphatic carbocycles. The number of hydrogen-bond acceptors (Lipinski definition) is 6. The van der Waals surface area contributed by atoms with E-state index in [0.717, 1.165) is 5.00 Å². The SMILES string of the molecule is CNc1snnc1COc1ccc(OC(F)(F)F)c(Br)c1. The van der Waals surface area contributed by atoms with E-state index in [1.54, 1.807) is 7.05 Å². The van der Waals surface area contributed by atoms with Crippen LogP contribution < -0.4 is 14.8 Å². The predicted octanol–water partition coefficient (Wildman–Crippen LogP) is 3.82. The molecule has 1 aromatic carbocycles. The number of alkyl halides is 3. The third kappa shape index (κ3) is 4.46. The van der Waals surface area contributed by atoms with E-state index in [1.807, 2.05) is 0 Å². The molecule has 0 aliphatic heterocycles. The lowest BCUT2D eigenvalue weighted by molar-refractivity contribution is -0.274. The van der Waals surface area contributed by atoms with Crippen LogP contribution in [0.2, 0.25) is 0 Å². The first-order valence-corrected chi connectivity index (χ1v) is 7.13. The maximum absolute atomic E-state index is 12.1. The van der Waals surface area contributed by atoms with E-state index < -0.39 is 6.36 Å². The minimum Gasteiger partial charge on any atom is -0.487 e. The van der Waals surface area contributed by atoms with Crippen molar-refractivity contribution in [1.82, 2.24) is 9.59 Å². The molecule has 2 rings (SSSR count). The Kier molecular flexibility index (Phi) is 4.88. The van der Waals surface area contributed by atoms with E-state index in [2.05, 4.69) is 35.6 Å². The topological polar surface area (TPSA) is 56.3 Å². The van der Waals surface area contributed by atoms with Crippen LogP contribution in [-0.2, 0) is 6.61 Å². The summed E-state index contributed by atoms with van der Waals surface area (Å²) in [4.78, 5) is 0. The average Bonchev–Trinajstić information content (AvgIpc) is 2.85. The number of aromatic nitrogens is 2. The predicted molar refractivity (Wildman–Crippen MR) is 74.6 cm³/mol. The van der Waals surface area contributed by atoms with E-state index >= 15 is 0 Å². The molecule has 1 aromatic heterocycles. The van der Waals surface area contributed by atoms with Crippen LogP contribution in [0.5, 0.6) is 11.5 Å². The van der Waals surface area contributed by atoms with Gasteiger partial charge in [0.05, 0.1) is 4.47 Å². The number of hydrogen-bond donors (Lipinski definition) is 1. The van der Waals surface area contributed by atoms with Gasteiger partial charge in [0.1, 0.15) is 28.8 Å². The molecule has 10 heteroatoms. The smallest absolute Gasteiger partial charge is 0.487 e. The molecular weight excluding hydrogens is 375 g/mol. The number of anilines is 1. The molecule has 21 heavy (non-hydrogen) atoms. The number of nitrogens with zero attached hydrogens (tertiary/aromatic N) is 2. The summed E-state index contributed by atoms with van der Waals surface area (Å²) in [5.74, 6) is 0.0486. The van der Waals surface area contributed by atoms with Gasteiger partial charge in [-0.3, -0.25) is 0 Å². The van der Waals surface area contributed by atoms with Crippen molar-refractivity contribution in [3.05, 3.63) is 28.4 Å². The van der Waals surface area contributed by atoms with Gasteiger partial charge in [-0.25, -0.2) is 0 Å². The van der Waals surface area contributed by atoms with Crippen molar-refractivity contribution < 1.29 is 22.6 Å². The fraction of sp³-hybridized carbons (Fsp3) is 0.273. The largest absolute Gasteiger partial charge is 0.573 e. The molecule has 5 nitrogen and oxygen atoms in total. The monoisotopic (exact) mass is 383 g/mol. The van der Waals surface area contributed by atoms with E-state index in [4.69, 9.17) is 4.74 Å². The molecule has 0 atom stereocenters. The second-order valence-corrected chi connectivity index (χ2v) is 5.34. The van der Waals surface area contributed by atoms with E-state index in [1.165, 1.54) is 29.7 Å². The van der Waals surface area contributed by atoms with Gasteiger partial charge >= 0.3 is 6.36 Å². The molecule has 1 heterocycles. The third-order valence-corrected chi connectivity index (χ3v) is 3.69. The molecule has 0 bridgehead atoms. The maximum Gasteiger partial charge on any atom is 0.573 e. The number of benzene rings is 1. The molecule has 0 saturated carbocycles. The summed E-state index contributed by atoms with van der Waals surface area (Å²) in [6.45, 7) is 0.151. The minimum absolute atomic E-state index is 0.141. The van der Waals surface area contributed by atoms with Gasteiger partial charge in [-0.15, -0.1) is 18.3 Å². The molecule has 2 aromatic rings. The number of nitrogens with one attached hydrogen (secondary N) is 1. The van der Waals surface area contributed by atoms with Crippen molar-refractivity contribution in [3.63, 3.8) is 0 Å². The molecule has 0 spiro atoms. The zero-order valence-corrected chi connectivity index (χ0v) is 13.0. The maximum atomic E-state index is 12.1. The number of rotatable bonds is 5. The van der Waals surface area contributed by atoms with Crippen molar-refractivity contribution in [3.8, 4) is 11.5 Å². The van der Waals surface area contributed by atoms with Crippen LogP contribution >= 0.6 is 27.5 Å². The van der Waals surface area contributed by atoms with E-state index in [-0.39, 0.29) is 16.8 Å². The van der Waals surface area contributed by atoms with Crippen LogP contribution in [-0.4, -0.2) is 23.0 Å². The Morgan fingerprint density at radius 2 is 2.14 bits per heavy atom. The summed E-state index contributed by atoms with van der Waals surface area (Å²) in [5.41, 5.74) is 0.620. The fourth-order valence-electron chi connectivity index (χ4n) is 1.42. The average molecular weight is 384 g/mol. The van der Waals surface area contributed by atoms with Gasteiger partial charge < -0.3 is 14.8 Å². The first-order valence-electron chi connectivity index (χ1n) is 5.56. The summed E-state index contributed by atoms with van der Waals surface area (Å²) >= 11 is 4.19. The lowest BCUT2D eigenvalue weighted by Gasteiger charge is -2.12. The van der Waals surface area contributed by atoms with Gasteiger partial charge in [0, 0.05) is 18.6 Å². The van der Waals surface area contributed by atoms with E-state index in [9.17, 15) is 13.2 Å². The first kappa shape index (κ1) is 15.8. The van der Waals surface area contributed by atoms with Gasteiger partial charge in [0.2, 0.25) is 0 Å². The zero-order valence-electron chi connectivity index (χ0n) is 10.6. The minimum atomic E-state index is -4.74. The highest BCUT2D eigenvalue weighted by atomic mass is 79.9. The van der Waals surface area contributed by atoms with Crippen molar-refractivity contribution in [2.75, 3.05) is 12.4 Å². The van der Waals surface area contributed by atoms with Gasteiger partial charge in [0.15, 0.2) is 0 Å². The Morgan fingerprint density at radius 1 is 1.38 bits per heavy atom. The van der Waals surface area contributed by atoms with Crippen LogP contribution in [0.15, 0.2) is 22.7 Å². The summed E-state index contributed by atoms with van der Waals surface area (Å²) in [6.07, 6.45) is -4.74. The van der Waals surface area contributed by atoms with Crippen molar-refractivity contribution in [2.45, 2.75) is 13.0 Å². The summed E-state index contributed by atoms with van der Waals surface area (Å²) in [5, 5.41) is 7.57. The number of halogens is 4. The highest BCUT2D eigenvalue weighted by molar-refractivity contribution is 9.10. The molecule has 0 fully saturated rings. The summed E-state index contributed by atoms with van der Waals surface area (Å²) in [7, 11) is 1.73. The molecule has 0 radical (unpaired) electrons. The lowest BCUT2D eigenvalue weighted by atomic mass is 10.3. The highest BCUT2D eigenvalue weighted by Crippen LogP contribution is 2.33. The quantitative estimate of drug-likeness (QED) is 0.850. The Hall–Kier alpha value is -1.55. The van der Waals surface area contributed by atoms with Crippen LogP contribution in [0.25, 0.3) is 0 Å². The molecule has 0 saturated heterocycles. The summed E-state index contributed by atoms with van der Waals surface area (Å²) < 4.78 is 49.6. The Labute approximate surface area is 130 Å². The van der Waals surface area contributed by atoms with Crippen LogP contribution in [0.4, 0.5) is 18.2 Å². The molecule has 1 N–H and O–H groups in total. The van der Waals surface area contributed by atoms with Crippen molar-refractivity contribution >= 4 is 32.5 Å². The van der Waals surface area contributed by atoms with E-state index in [0.29, 0.717) is 11.4 Å². The second-order valence-electron chi connectivity index (χ2n) is 3.73. The van der Waals surface area contributed by atoms with Gasteiger partial charge in [-0.2, -0.15) is 0 Å². The molecule has 0 unspecified atom stereocenters. The third-order valence-electron chi connectivity index (χ3n) is 2.29. The highest BCUT2D eigenvalue weighted by Gasteiger charge is 2.32. The van der Waals surface area contributed by atoms with Crippen molar-refractivity contribution in [1.29, 1.82) is 0 Å². The van der Waals surface area contributed by atoms with Gasteiger partial charge in [0.25, 0.3) is 0 Å². The van der Waals surface area contributed by atoms with Crippen molar-refractivity contribution in [2.24, 2.45) is 0 Å². The fourth-order valence-corrected chi connectivity index (χ4v) is 2.38. The van der Waals surface area contributed by atoms with Crippen LogP contribution in [0.1, 0.15) is 5.69 Å². The van der Waals surface area contributed by atoms with Crippen LogP contribution in [0.3, 0.4) is 0 Å². The van der Waals surface area contributed by atoms with Gasteiger partial charge in [-0.05, 0) is 34.1 Å². The standard InChI is InChI=1S/C11H9BrF3N3O2S/c1-16-10-8(17-18-21-10)5-19-6-2-3-9(7(12)4-6)20-11(13,14)15/h2-4,16H,5H2,1H3. The molecule has 114 valence electrons. The summed E-state index contributed by atoms with van der Waals surface area (Å²) in [6, 6.07) is 3.94. The first-order chi connectivity index (χ1) is 9.89. The molecule has 0 amide bonds. The normalized spacial score (nSPS) is 11.3.